The van der Waals surface area contributed by atoms with Gasteiger partial charge in [-0.2, -0.15) is 0 Å². The third kappa shape index (κ3) is 6.71. The number of anilines is 1. The summed E-state index contributed by atoms with van der Waals surface area (Å²) in [6.45, 7) is 2.82. The normalized spacial score (nSPS) is 14.4. The first-order chi connectivity index (χ1) is 14.7. The molecule has 3 rings (SSSR count). The van der Waals surface area contributed by atoms with Crippen molar-refractivity contribution in [2.75, 3.05) is 18.4 Å². The van der Waals surface area contributed by atoms with E-state index in [0.717, 1.165) is 19.3 Å². The number of carbonyl (C=O) groups excluding carboxylic acids is 2. The number of rotatable bonds is 10. The van der Waals surface area contributed by atoms with Gasteiger partial charge < -0.3 is 14.7 Å². The first-order valence-electron chi connectivity index (χ1n) is 11.2. The van der Waals surface area contributed by atoms with E-state index in [2.05, 4.69) is 17.4 Å². The van der Waals surface area contributed by atoms with Crippen molar-refractivity contribution in [3.8, 4) is 0 Å². The molecule has 2 amide bonds. The summed E-state index contributed by atoms with van der Waals surface area (Å²) in [5.41, 5.74) is 1.89. The van der Waals surface area contributed by atoms with E-state index < -0.39 is 0 Å². The van der Waals surface area contributed by atoms with Crippen molar-refractivity contribution in [2.45, 2.75) is 64.7 Å². The molecule has 0 unspecified atom stereocenters. The average molecular weight is 412 g/mol. The fourth-order valence-electron chi connectivity index (χ4n) is 4.11. The van der Waals surface area contributed by atoms with Crippen molar-refractivity contribution in [3.63, 3.8) is 0 Å². The molecule has 0 atom stereocenters. The number of carbonyl (C=O) groups is 2. The second kappa shape index (κ2) is 11.5. The largest absolute Gasteiger partial charge is 0.363 e. The average Bonchev–Trinajstić information content (AvgIpc) is 3.27. The lowest BCUT2D eigenvalue weighted by molar-refractivity contribution is -0.117. The summed E-state index contributed by atoms with van der Waals surface area (Å²) < 4.78 is 4.76. The molecule has 162 valence electrons. The Hall–Kier alpha value is -2.63. The highest BCUT2D eigenvalue weighted by atomic mass is 16.5. The van der Waals surface area contributed by atoms with Crippen LogP contribution in [0.25, 0.3) is 0 Å². The van der Waals surface area contributed by atoms with Crippen LogP contribution < -0.4 is 5.32 Å². The summed E-state index contributed by atoms with van der Waals surface area (Å²) in [6, 6.07) is 9.46. The van der Waals surface area contributed by atoms with Crippen molar-refractivity contribution >= 4 is 17.6 Å². The van der Waals surface area contributed by atoms with Gasteiger partial charge in [0, 0.05) is 18.2 Å². The number of benzene rings is 1. The fraction of sp³-hybridized carbons (Fsp3) is 0.542. The minimum absolute atomic E-state index is 0.0143. The van der Waals surface area contributed by atoms with Gasteiger partial charge in [-0.15, -0.1) is 0 Å². The smallest absolute Gasteiger partial charge is 0.254 e. The molecule has 1 aromatic carbocycles. The van der Waals surface area contributed by atoms with E-state index in [1.807, 2.05) is 24.3 Å². The van der Waals surface area contributed by atoms with Crippen molar-refractivity contribution in [3.05, 3.63) is 47.7 Å². The molecule has 30 heavy (non-hydrogen) atoms. The molecule has 1 heterocycles. The van der Waals surface area contributed by atoms with Crippen LogP contribution in [0.4, 0.5) is 5.82 Å². The van der Waals surface area contributed by atoms with Crippen LogP contribution in [0, 0.1) is 5.92 Å². The van der Waals surface area contributed by atoms with Crippen LogP contribution in [0.15, 0.2) is 41.1 Å². The highest BCUT2D eigenvalue weighted by molar-refractivity contribution is 5.99. The van der Waals surface area contributed by atoms with E-state index in [1.54, 1.807) is 11.0 Å². The molecule has 1 aliphatic carbocycles. The van der Waals surface area contributed by atoms with Crippen LogP contribution in [-0.2, 0) is 11.2 Å². The molecule has 1 saturated carbocycles. The predicted octanol–water partition coefficient (Wildman–Crippen LogP) is 5.07. The molecule has 1 aliphatic rings. The molecule has 0 radical (unpaired) electrons. The van der Waals surface area contributed by atoms with Crippen LogP contribution >= 0.6 is 0 Å². The molecule has 0 spiro atoms. The van der Waals surface area contributed by atoms with E-state index in [4.69, 9.17) is 4.52 Å². The molecule has 1 aromatic heterocycles. The Bertz CT molecular complexity index is 781. The summed E-state index contributed by atoms with van der Waals surface area (Å²) in [4.78, 5) is 27.4. The lowest BCUT2D eigenvalue weighted by Crippen LogP contribution is -2.41. The van der Waals surface area contributed by atoms with Crippen molar-refractivity contribution in [1.29, 1.82) is 0 Å². The van der Waals surface area contributed by atoms with E-state index >= 15 is 0 Å². The first-order valence-corrected chi connectivity index (χ1v) is 11.2. The Labute approximate surface area is 179 Å². The molecular weight excluding hydrogens is 378 g/mol. The van der Waals surface area contributed by atoms with Gasteiger partial charge in [0.15, 0.2) is 5.82 Å². The fourth-order valence-corrected chi connectivity index (χ4v) is 4.11. The number of nitrogens with zero attached hydrogens (tertiary/aromatic N) is 2. The van der Waals surface area contributed by atoms with Gasteiger partial charge in [-0.1, -0.05) is 56.3 Å². The van der Waals surface area contributed by atoms with Gasteiger partial charge in [-0.05, 0) is 49.3 Å². The van der Waals surface area contributed by atoms with Gasteiger partial charge in [0.05, 0.1) is 0 Å². The lowest BCUT2D eigenvalue weighted by Gasteiger charge is -2.29. The number of aromatic nitrogens is 1. The maximum atomic E-state index is 13.2. The van der Waals surface area contributed by atoms with Crippen LogP contribution in [0.3, 0.4) is 0 Å². The summed E-state index contributed by atoms with van der Waals surface area (Å²) in [5, 5.41) is 6.41. The summed E-state index contributed by atoms with van der Waals surface area (Å²) in [6.07, 6.45) is 11.9. The minimum atomic E-state index is -0.260. The summed E-state index contributed by atoms with van der Waals surface area (Å²) in [7, 11) is 0. The van der Waals surface area contributed by atoms with Crippen molar-refractivity contribution in [2.24, 2.45) is 5.92 Å². The van der Waals surface area contributed by atoms with E-state index in [9.17, 15) is 9.59 Å². The molecule has 0 aliphatic heterocycles. The van der Waals surface area contributed by atoms with Crippen LogP contribution in [0.5, 0.6) is 0 Å². The zero-order valence-electron chi connectivity index (χ0n) is 17.9. The SMILES string of the molecule is CCCCCc1ccc(C(=O)N(CC(=O)Nc2ccon2)CC2CCCCC2)cc1. The maximum Gasteiger partial charge on any atom is 0.254 e. The third-order valence-electron chi connectivity index (χ3n) is 5.80. The Morgan fingerprint density at radius 2 is 1.87 bits per heavy atom. The highest BCUT2D eigenvalue weighted by Crippen LogP contribution is 2.25. The molecule has 6 nitrogen and oxygen atoms in total. The molecule has 1 N–H and O–H groups in total. The summed E-state index contributed by atoms with van der Waals surface area (Å²) in [5.74, 6) is 0.470. The van der Waals surface area contributed by atoms with Crippen LogP contribution in [0.2, 0.25) is 0 Å². The Morgan fingerprint density at radius 1 is 1.10 bits per heavy atom. The number of nitrogens with one attached hydrogen (secondary N) is 1. The van der Waals surface area contributed by atoms with Crippen molar-refractivity contribution < 1.29 is 14.1 Å². The number of unbranched alkanes of at least 4 members (excludes halogenated alkanes) is 2. The predicted molar refractivity (Wildman–Crippen MR) is 117 cm³/mol. The Balaban J connectivity index is 1.66. The number of amides is 2. The molecule has 2 aromatic rings. The standard InChI is InChI=1S/C24H33N3O3/c1-2-3-5-8-19-11-13-21(14-12-19)24(29)27(17-20-9-6-4-7-10-20)18-23(28)25-22-15-16-30-26-22/h11-16,20H,2-10,17-18H2,1H3,(H,25,26,28). The number of hydrogen-bond acceptors (Lipinski definition) is 4. The van der Waals surface area contributed by atoms with E-state index in [1.165, 1.54) is 50.4 Å². The second-order valence-corrected chi connectivity index (χ2v) is 8.28. The third-order valence-corrected chi connectivity index (χ3v) is 5.80. The van der Waals surface area contributed by atoms with E-state index in [-0.39, 0.29) is 18.4 Å². The molecule has 0 saturated heterocycles. The van der Waals surface area contributed by atoms with Gasteiger partial charge in [-0.3, -0.25) is 9.59 Å². The Morgan fingerprint density at radius 3 is 2.53 bits per heavy atom. The van der Waals surface area contributed by atoms with Crippen LogP contribution in [-0.4, -0.2) is 35.0 Å². The van der Waals surface area contributed by atoms with Gasteiger partial charge in [-0.25, -0.2) is 0 Å². The number of hydrogen-bond donors (Lipinski definition) is 1. The van der Waals surface area contributed by atoms with E-state index in [0.29, 0.717) is 23.8 Å². The monoisotopic (exact) mass is 411 g/mol. The second-order valence-electron chi connectivity index (χ2n) is 8.28. The first kappa shape index (κ1) is 22.1. The zero-order chi connectivity index (χ0) is 21.2. The molecular formula is C24H33N3O3. The lowest BCUT2D eigenvalue weighted by atomic mass is 9.89. The highest BCUT2D eigenvalue weighted by Gasteiger charge is 2.24. The van der Waals surface area contributed by atoms with Gasteiger partial charge in [0.1, 0.15) is 12.8 Å². The molecule has 0 bridgehead atoms. The van der Waals surface area contributed by atoms with Gasteiger partial charge in [0.2, 0.25) is 5.91 Å². The quantitative estimate of drug-likeness (QED) is 0.554. The molecule has 1 fully saturated rings. The topological polar surface area (TPSA) is 75.4 Å². The van der Waals surface area contributed by atoms with Gasteiger partial charge in [0.25, 0.3) is 5.91 Å². The van der Waals surface area contributed by atoms with Gasteiger partial charge >= 0.3 is 0 Å². The summed E-state index contributed by atoms with van der Waals surface area (Å²) >= 11 is 0. The minimum Gasteiger partial charge on any atom is -0.363 e. The molecule has 6 heteroatoms. The van der Waals surface area contributed by atoms with Crippen LogP contribution in [0.1, 0.15) is 74.2 Å². The van der Waals surface area contributed by atoms with Crippen molar-refractivity contribution in [1.82, 2.24) is 10.1 Å². The number of aryl methyl sites for hydroxylation is 1. The maximum absolute atomic E-state index is 13.2. The Kier molecular flexibility index (Phi) is 8.48. The zero-order valence-corrected chi connectivity index (χ0v) is 17.9.